The normalized spacial score (nSPS) is 15.8. The first kappa shape index (κ1) is 15.5. The Morgan fingerprint density at radius 3 is 2.60 bits per heavy atom. The van der Waals surface area contributed by atoms with Gasteiger partial charge in [-0.05, 0) is 59.3 Å². The van der Waals surface area contributed by atoms with Crippen molar-refractivity contribution in [3.8, 4) is 0 Å². The monoisotopic (exact) mass is 360 g/mol. The van der Waals surface area contributed by atoms with Gasteiger partial charge in [-0.15, -0.1) is 0 Å². The van der Waals surface area contributed by atoms with E-state index in [1.165, 1.54) is 12.5 Å². The zero-order valence-corrected chi connectivity index (χ0v) is 13.6. The summed E-state index contributed by atoms with van der Waals surface area (Å²) in [7, 11) is -3.76. The number of hydrogen-bond acceptors (Lipinski definition) is 3. The van der Waals surface area contributed by atoms with E-state index in [-0.39, 0.29) is 10.8 Å². The van der Waals surface area contributed by atoms with E-state index in [4.69, 9.17) is 5.14 Å². The Balaban J connectivity index is 2.16. The number of carbonyl (C=O) groups is 1. The van der Waals surface area contributed by atoms with Crippen molar-refractivity contribution >= 4 is 37.5 Å². The molecule has 1 aliphatic rings. The summed E-state index contributed by atoms with van der Waals surface area (Å²) in [5.41, 5.74) is 1.08. The second kappa shape index (κ2) is 5.83. The van der Waals surface area contributed by atoms with Crippen LogP contribution in [0.1, 0.15) is 31.2 Å². The van der Waals surface area contributed by atoms with E-state index in [0.29, 0.717) is 28.1 Å². The van der Waals surface area contributed by atoms with Crippen molar-refractivity contribution < 1.29 is 13.2 Å². The van der Waals surface area contributed by atoms with Crippen molar-refractivity contribution in [2.45, 2.75) is 37.5 Å². The molecule has 0 aliphatic heterocycles. The lowest BCUT2D eigenvalue weighted by Gasteiger charge is -2.24. The van der Waals surface area contributed by atoms with Gasteiger partial charge in [0.15, 0.2) is 0 Å². The molecule has 0 atom stereocenters. The van der Waals surface area contributed by atoms with Crippen molar-refractivity contribution in [2.75, 3.05) is 5.32 Å². The van der Waals surface area contributed by atoms with Gasteiger partial charge in [0.1, 0.15) is 0 Å². The summed E-state index contributed by atoms with van der Waals surface area (Å²) >= 11 is 3.26. The van der Waals surface area contributed by atoms with Gasteiger partial charge in [-0.3, -0.25) is 4.79 Å². The predicted octanol–water partition coefficient (Wildman–Crippen LogP) is 2.53. The predicted molar refractivity (Wildman–Crippen MR) is 80.8 cm³/mol. The molecule has 0 unspecified atom stereocenters. The summed E-state index contributed by atoms with van der Waals surface area (Å²) in [5.74, 6) is 0.441. The quantitative estimate of drug-likeness (QED) is 0.864. The van der Waals surface area contributed by atoms with Crippen LogP contribution in [-0.4, -0.2) is 14.3 Å². The average molecular weight is 361 g/mol. The fourth-order valence-electron chi connectivity index (χ4n) is 2.23. The summed E-state index contributed by atoms with van der Waals surface area (Å²) < 4.78 is 23.3. The van der Waals surface area contributed by atoms with Gasteiger partial charge in [0.2, 0.25) is 15.9 Å². The van der Waals surface area contributed by atoms with Crippen LogP contribution in [0, 0.1) is 12.8 Å². The van der Waals surface area contributed by atoms with Gasteiger partial charge in [-0.1, -0.05) is 6.42 Å². The van der Waals surface area contributed by atoms with E-state index in [1.807, 2.05) is 0 Å². The molecule has 1 fully saturated rings. The van der Waals surface area contributed by atoms with Crippen LogP contribution >= 0.6 is 15.9 Å². The molecule has 0 radical (unpaired) electrons. The van der Waals surface area contributed by atoms with Crippen molar-refractivity contribution in [3.05, 3.63) is 22.2 Å². The third-order valence-electron chi connectivity index (χ3n) is 3.54. The maximum Gasteiger partial charge on any atom is 0.238 e. The summed E-state index contributed by atoms with van der Waals surface area (Å²) in [6, 6.07) is 3.03. The summed E-state index contributed by atoms with van der Waals surface area (Å²) in [5, 5.41) is 7.94. The standard InChI is InChI=1S/C13H17BrN2O3S/c1-8-5-11(10(14)7-12(8)20(15,18)19)16-13(17)6-9-3-2-4-9/h5,7,9H,2-4,6H2,1H3,(H,16,17)(H2,15,18,19). The first-order valence-electron chi connectivity index (χ1n) is 6.40. The zero-order chi connectivity index (χ0) is 14.9. The average Bonchev–Trinajstić information content (AvgIpc) is 2.26. The van der Waals surface area contributed by atoms with E-state index >= 15 is 0 Å². The summed E-state index contributed by atoms with van der Waals surface area (Å²) in [6.45, 7) is 1.65. The SMILES string of the molecule is Cc1cc(NC(=O)CC2CCC2)c(Br)cc1S(N)(=O)=O. The smallest absolute Gasteiger partial charge is 0.238 e. The van der Waals surface area contributed by atoms with Crippen LogP contribution in [0.4, 0.5) is 5.69 Å². The molecule has 1 amide bonds. The largest absolute Gasteiger partial charge is 0.325 e. The number of halogens is 1. The number of primary sulfonamides is 1. The topological polar surface area (TPSA) is 89.3 Å². The Morgan fingerprint density at radius 1 is 1.45 bits per heavy atom. The van der Waals surface area contributed by atoms with E-state index < -0.39 is 10.0 Å². The third kappa shape index (κ3) is 3.59. The van der Waals surface area contributed by atoms with Gasteiger partial charge < -0.3 is 5.32 Å². The van der Waals surface area contributed by atoms with Crippen LogP contribution < -0.4 is 10.5 Å². The Morgan fingerprint density at radius 2 is 2.10 bits per heavy atom. The van der Waals surface area contributed by atoms with Gasteiger partial charge in [0, 0.05) is 10.9 Å². The van der Waals surface area contributed by atoms with Gasteiger partial charge in [0.05, 0.1) is 10.6 Å². The number of aryl methyl sites for hydroxylation is 1. The molecule has 0 saturated heterocycles. The summed E-state index contributed by atoms with van der Waals surface area (Å²) in [4.78, 5) is 11.9. The fourth-order valence-corrected chi connectivity index (χ4v) is 3.61. The van der Waals surface area contributed by atoms with Gasteiger partial charge in [-0.2, -0.15) is 0 Å². The van der Waals surface area contributed by atoms with Crippen LogP contribution in [0.5, 0.6) is 0 Å². The first-order valence-corrected chi connectivity index (χ1v) is 8.74. The molecule has 0 aromatic heterocycles. The molecule has 5 nitrogen and oxygen atoms in total. The molecular weight excluding hydrogens is 344 g/mol. The second-order valence-corrected chi connectivity index (χ2v) is 7.58. The highest BCUT2D eigenvalue weighted by atomic mass is 79.9. The highest BCUT2D eigenvalue weighted by Gasteiger charge is 2.21. The highest BCUT2D eigenvalue weighted by molar-refractivity contribution is 9.10. The number of rotatable bonds is 4. The number of hydrogen-bond donors (Lipinski definition) is 2. The Labute approximate surface area is 127 Å². The Hall–Kier alpha value is -0.920. The number of anilines is 1. The van der Waals surface area contributed by atoms with E-state index in [0.717, 1.165) is 12.8 Å². The minimum atomic E-state index is -3.76. The number of sulfonamides is 1. The molecule has 1 saturated carbocycles. The van der Waals surface area contributed by atoms with Crippen LogP contribution in [0.15, 0.2) is 21.5 Å². The van der Waals surface area contributed by atoms with Crippen molar-refractivity contribution in [1.29, 1.82) is 0 Å². The molecule has 0 bridgehead atoms. The maximum atomic E-state index is 11.9. The molecule has 1 aromatic carbocycles. The lowest BCUT2D eigenvalue weighted by Crippen LogP contribution is -2.21. The van der Waals surface area contributed by atoms with Crippen LogP contribution in [0.2, 0.25) is 0 Å². The van der Waals surface area contributed by atoms with Crippen LogP contribution in [0.3, 0.4) is 0 Å². The number of nitrogens with two attached hydrogens (primary N) is 1. The van der Waals surface area contributed by atoms with Crippen LogP contribution in [0.25, 0.3) is 0 Å². The zero-order valence-electron chi connectivity index (χ0n) is 11.1. The lowest BCUT2D eigenvalue weighted by molar-refractivity contribution is -0.117. The molecule has 1 aromatic rings. The Bertz CT molecular complexity index is 639. The number of carbonyl (C=O) groups excluding carboxylic acids is 1. The molecule has 0 spiro atoms. The molecule has 3 N–H and O–H groups in total. The van der Waals surface area contributed by atoms with Crippen molar-refractivity contribution in [1.82, 2.24) is 0 Å². The fraction of sp³-hybridized carbons (Fsp3) is 0.462. The molecule has 0 heterocycles. The highest BCUT2D eigenvalue weighted by Crippen LogP contribution is 2.31. The van der Waals surface area contributed by atoms with Crippen LogP contribution in [-0.2, 0) is 14.8 Å². The van der Waals surface area contributed by atoms with Crippen molar-refractivity contribution in [3.63, 3.8) is 0 Å². The maximum absolute atomic E-state index is 11.9. The Kier molecular flexibility index (Phi) is 4.51. The van der Waals surface area contributed by atoms with Gasteiger partial charge in [-0.25, -0.2) is 13.6 Å². The molecule has 7 heteroatoms. The van der Waals surface area contributed by atoms with Gasteiger partial charge >= 0.3 is 0 Å². The molecule has 1 aliphatic carbocycles. The minimum absolute atomic E-state index is 0.0434. The van der Waals surface area contributed by atoms with E-state index in [9.17, 15) is 13.2 Å². The van der Waals surface area contributed by atoms with E-state index in [1.54, 1.807) is 13.0 Å². The number of amides is 1. The molecular formula is C13H17BrN2O3S. The number of benzene rings is 1. The molecule has 2 rings (SSSR count). The molecule has 110 valence electrons. The lowest BCUT2D eigenvalue weighted by atomic mass is 9.83. The minimum Gasteiger partial charge on any atom is -0.325 e. The van der Waals surface area contributed by atoms with Crippen molar-refractivity contribution in [2.24, 2.45) is 11.1 Å². The van der Waals surface area contributed by atoms with Gasteiger partial charge in [0.25, 0.3) is 0 Å². The first-order chi connectivity index (χ1) is 9.27. The molecule has 20 heavy (non-hydrogen) atoms. The number of nitrogens with one attached hydrogen (secondary N) is 1. The summed E-state index contributed by atoms with van der Waals surface area (Å²) in [6.07, 6.45) is 3.93. The van der Waals surface area contributed by atoms with E-state index in [2.05, 4.69) is 21.2 Å². The third-order valence-corrected chi connectivity index (χ3v) is 5.25. The second-order valence-electron chi connectivity index (χ2n) is 5.19.